The number of hydrogen-bond acceptors (Lipinski definition) is 2. The molecule has 0 aliphatic heterocycles. The van der Waals surface area contributed by atoms with Gasteiger partial charge in [0, 0.05) is 10.9 Å². The second-order valence-corrected chi connectivity index (χ2v) is 6.68. The molecule has 0 spiro atoms. The Morgan fingerprint density at radius 3 is 2.94 bits per heavy atom. The minimum atomic E-state index is 0.521. The molecule has 3 atom stereocenters. The average Bonchev–Trinajstić information content (AvgIpc) is 2.72. The first-order valence-electron chi connectivity index (χ1n) is 6.94. The second-order valence-electron chi connectivity index (χ2n) is 5.74. The van der Waals surface area contributed by atoms with Crippen LogP contribution in [0.25, 0.3) is 0 Å². The lowest BCUT2D eigenvalue weighted by molar-refractivity contribution is 0.269. The Hall–Kier alpha value is -0.340. The van der Waals surface area contributed by atoms with Crippen LogP contribution in [0.5, 0.6) is 0 Å². The van der Waals surface area contributed by atoms with Crippen LogP contribution in [-0.2, 0) is 0 Å². The third kappa shape index (κ3) is 3.56. The summed E-state index contributed by atoms with van der Waals surface area (Å²) in [5.74, 6) is 1.84. The van der Waals surface area contributed by atoms with Crippen LogP contribution in [0, 0.1) is 18.8 Å². The van der Waals surface area contributed by atoms with E-state index < -0.39 is 0 Å². The summed E-state index contributed by atoms with van der Waals surface area (Å²) in [5, 5.41) is 5.93. The van der Waals surface area contributed by atoms with E-state index in [0.717, 1.165) is 11.8 Å². The summed E-state index contributed by atoms with van der Waals surface area (Å²) in [6, 6.07) is 2.74. The van der Waals surface area contributed by atoms with Gasteiger partial charge in [0.2, 0.25) is 0 Å². The van der Waals surface area contributed by atoms with Crippen LogP contribution in [0.4, 0.5) is 0 Å². The maximum atomic E-state index is 3.73. The lowest BCUT2D eigenvalue weighted by Crippen LogP contribution is -2.28. The van der Waals surface area contributed by atoms with Crippen molar-refractivity contribution >= 4 is 11.3 Å². The highest BCUT2D eigenvalue weighted by molar-refractivity contribution is 7.10. The van der Waals surface area contributed by atoms with Crippen molar-refractivity contribution in [3.05, 3.63) is 21.9 Å². The Morgan fingerprint density at radius 2 is 2.29 bits per heavy atom. The molecule has 0 bridgehead atoms. The highest BCUT2D eigenvalue weighted by Crippen LogP contribution is 2.29. The zero-order valence-electron chi connectivity index (χ0n) is 11.3. The zero-order valence-corrected chi connectivity index (χ0v) is 12.1. The topological polar surface area (TPSA) is 12.0 Å². The fourth-order valence-corrected chi connectivity index (χ4v) is 3.97. The van der Waals surface area contributed by atoms with Crippen LogP contribution in [0.2, 0.25) is 0 Å². The molecule has 0 amide bonds. The first-order valence-corrected chi connectivity index (χ1v) is 7.82. The third-order valence-electron chi connectivity index (χ3n) is 4.05. The Morgan fingerprint density at radius 1 is 1.47 bits per heavy atom. The molecule has 1 aliphatic carbocycles. The van der Waals surface area contributed by atoms with Crippen LogP contribution >= 0.6 is 11.3 Å². The van der Waals surface area contributed by atoms with Gasteiger partial charge in [-0.1, -0.05) is 19.8 Å². The van der Waals surface area contributed by atoms with Crippen molar-refractivity contribution < 1.29 is 0 Å². The molecule has 0 aromatic carbocycles. The lowest BCUT2D eigenvalue weighted by Gasteiger charge is -2.28. The predicted molar refractivity (Wildman–Crippen MR) is 76.6 cm³/mol. The van der Waals surface area contributed by atoms with E-state index in [9.17, 15) is 0 Å². The number of aryl methyl sites for hydroxylation is 1. The summed E-state index contributed by atoms with van der Waals surface area (Å²) < 4.78 is 0. The fourth-order valence-electron chi connectivity index (χ4n) is 3.01. The van der Waals surface area contributed by atoms with Gasteiger partial charge in [-0.2, -0.15) is 0 Å². The van der Waals surface area contributed by atoms with Gasteiger partial charge in [-0.3, -0.25) is 0 Å². The summed E-state index contributed by atoms with van der Waals surface area (Å²) in [6.45, 7) is 8.11. The maximum Gasteiger partial charge on any atom is 0.0388 e. The van der Waals surface area contributed by atoms with Crippen LogP contribution in [0.1, 0.15) is 56.0 Å². The minimum absolute atomic E-state index is 0.521. The quantitative estimate of drug-likeness (QED) is 0.829. The summed E-state index contributed by atoms with van der Waals surface area (Å²) in [4.78, 5) is 1.51. The standard InChI is InChI=1S/C15H25NS/c1-11-5-4-6-14(9-11)10-16-13(3)15-12(2)7-8-17-15/h7-8,11,13-14,16H,4-6,9-10H2,1-3H3. The van der Waals surface area contributed by atoms with E-state index in [1.807, 2.05) is 11.3 Å². The Kier molecular flexibility index (Phi) is 4.63. The van der Waals surface area contributed by atoms with Gasteiger partial charge in [0.05, 0.1) is 0 Å². The third-order valence-corrected chi connectivity index (χ3v) is 5.25. The largest absolute Gasteiger partial charge is 0.309 e. The van der Waals surface area contributed by atoms with Gasteiger partial charge in [-0.25, -0.2) is 0 Å². The molecule has 1 nitrogen and oxygen atoms in total. The molecule has 1 aliphatic rings. The average molecular weight is 251 g/mol. The van der Waals surface area contributed by atoms with E-state index >= 15 is 0 Å². The lowest BCUT2D eigenvalue weighted by atomic mass is 9.82. The monoisotopic (exact) mass is 251 g/mol. The van der Waals surface area contributed by atoms with Crippen LogP contribution in [0.3, 0.4) is 0 Å². The van der Waals surface area contributed by atoms with E-state index in [1.54, 1.807) is 0 Å². The summed E-state index contributed by atoms with van der Waals surface area (Å²) in [6.07, 6.45) is 5.71. The first kappa shape index (κ1) is 13.1. The molecular formula is C15H25NS. The van der Waals surface area contributed by atoms with Crippen LogP contribution in [0.15, 0.2) is 11.4 Å². The van der Waals surface area contributed by atoms with Crippen LogP contribution < -0.4 is 5.32 Å². The molecular weight excluding hydrogens is 226 g/mol. The van der Waals surface area contributed by atoms with Gasteiger partial charge < -0.3 is 5.32 Å². The van der Waals surface area contributed by atoms with E-state index in [2.05, 4.69) is 37.5 Å². The first-order chi connectivity index (χ1) is 8.16. The molecule has 1 aromatic heterocycles. The fraction of sp³-hybridized carbons (Fsp3) is 0.733. The highest BCUT2D eigenvalue weighted by Gasteiger charge is 2.19. The van der Waals surface area contributed by atoms with Gasteiger partial charge >= 0.3 is 0 Å². The molecule has 0 saturated heterocycles. The Bertz CT molecular complexity index is 344. The van der Waals surface area contributed by atoms with Crippen molar-refractivity contribution in [2.24, 2.45) is 11.8 Å². The molecule has 96 valence electrons. The molecule has 1 aromatic rings. The summed E-state index contributed by atoms with van der Waals surface area (Å²) in [7, 11) is 0. The smallest absolute Gasteiger partial charge is 0.0388 e. The molecule has 1 N–H and O–H groups in total. The van der Waals surface area contributed by atoms with Gasteiger partial charge in [-0.05, 0) is 62.1 Å². The van der Waals surface area contributed by atoms with Crippen molar-refractivity contribution in [3.8, 4) is 0 Å². The highest BCUT2D eigenvalue weighted by atomic mass is 32.1. The molecule has 2 rings (SSSR count). The van der Waals surface area contributed by atoms with Crippen molar-refractivity contribution in [2.75, 3.05) is 6.54 Å². The number of rotatable bonds is 4. The van der Waals surface area contributed by atoms with Crippen molar-refractivity contribution in [1.82, 2.24) is 5.32 Å². The van der Waals surface area contributed by atoms with E-state index in [4.69, 9.17) is 0 Å². The molecule has 1 heterocycles. The Labute approximate surface area is 110 Å². The zero-order chi connectivity index (χ0) is 12.3. The summed E-state index contributed by atoms with van der Waals surface area (Å²) in [5.41, 5.74) is 1.44. The van der Waals surface area contributed by atoms with E-state index in [0.29, 0.717) is 6.04 Å². The van der Waals surface area contributed by atoms with E-state index in [-0.39, 0.29) is 0 Å². The number of nitrogens with one attached hydrogen (secondary N) is 1. The molecule has 1 saturated carbocycles. The molecule has 0 radical (unpaired) electrons. The van der Waals surface area contributed by atoms with Gasteiger partial charge in [-0.15, -0.1) is 11.3 Å². The van der Waals surface area contributed by atoms with Crippen molar-refractivity contribution in [3.63, 3.8) is 0 Å². The summed E-state index contributed by atoms with van der Waals surface area (Å²) >= 11 is 1.88. The second kappa shape index (κ2) is 6.01. The SMILES string of the molecule is Cc1ccsc1C(C)NCC1CCCC(C)C1. The maximum absolute atomic E-state index is 3.73. The number of hydrogen-bond donors (Lipinski definition) is 1. The van der Waals surface area contributed by atoms with Gasteiger partial charge in [0.15, 0.2) is 0 Å². The Balaban J connectivity index is 1.80. The number of thiophene rings is 1. The van der Waals surface area contributed by atoms with Crippen molar-refractivity contribution in [2.45, 2.75) is 52.5 Å². The van der Waals surface area contributed by atoms with Gasteiger partial charge in [0.25, 0.3) is 0 Å². The molecule has 3 unspecified atom stereocenters. The van der Waals surface area contributed by atoms with E-state index in [1.165, 1.54) is 42.7 Å². The minimum Gasteiger partial charge on any atom is -0.309 e. The molecule has 2 heteroatoms. The predicted octanol–water partition coefficient (Wildman–Crippen LogP) is 4.53. The normalized spacial score (nSPS) is 27.0. The van der Waals surface area contributed by atoms with Crippen LogP contribution in [-0.4, -0.2) is 6.54 Å². The molecule has 17 heavy (non-hydrogen) atoms. The molecule has 1 fully saturated rings. The van der Waals surface area contributed by atoms with Crippen molar-refractivity contribution in [1.29, 1.82) is 0 Å². The van der Waals surface area contributed by atoms with Gasteiger partial charge in [0.1, 0.15) is 0 Å².